The van der Waals surface area contributed by atoms with Crippen molar-refractivity contribution < 1.29 is 9.90 Å². The first-order valence-electron chi connectivity index (χ1n) is 6.98. The van der Waals surface area contributed by atoms with Crippen LogP contribution in [0, 0.1) is 19.3 Å². The third-order valence-corrected chi connectivity index (χ3v) is 3.38. The number of nitrogens with zero attached hydrogens (tertiary/aromatic N) is 1. The Morgan fingerprint density at radius 2 is 1.86 bits per heavy atom. The van der Waals surface area contributed by atoms with E-state index in [4.69, 9.17) is 0 Å². The maximum atomic E-state index is 12.4. The van der Waals surface area contributed by atoms with Crippen molar-refractivity contribution in [1.29, 1.82) is 0 Å². The number of hydrogen-bond donors (Lipinski definition) is 1. The van der Waals surface area contributed by atoms with Crippen molar-refractivity contribution in [2.75, 3.05) is 0 Å². The van der Waals surface area contributed by atoms with E-state index in [1.54, 1.807) is 6.07 Å². The van der Waals surface area contributed by atoms with Crippen LogP contribution in [0.25, 0.3) is 10.9 Å². The van der Waals surface area contributed by atoms with Crippen molar-refractivity contribution in [3.8, 4) is 0 Å². The molecule has 2 rings (SSSR count). The standard InChI is InChI=1S/C17H21NO3/c1-10-6-11(2)14-12(7-10)15(19)13(16(20)21)8-18(14)9-17(3,4)5/h6-8H,9H2,1-5H3,(H,20,21). The Kier molecular flexibility index (Phi) is 3.66. The Morgan fingerprint density at radius 1 is 1.24 bits per heavy atom. The molecular formula is C17H21NO3. The van der Waals surface area contributed by atoms with Crippen molar-refractivity contribution in [2.45, 2.75) is 41.2 Å². The molecule has 0 atom stereocenters. The predicted octanol–water partition coefficient (Wildman–Crippen LogP) is 3.36. The van der Waals surface area contributed by atoms with Gasteiger partial charge in [0.2, 0.25) is 5.43 Å². The quantitative estimate of drug-likeness (QED) is 0.921. The molecule has 1 N–H and O–H groups in total. The van der Waals surface area contributed by atoms with E-state index in [0.29, 0.717) is 11.9 Å². The van der Waals surface area contributed by atoms with Crippen molar-refractivity contribution in [2.24, 2.45) is 5.41 Å². The lowest BCUT2D eigenvalue weighted by molar-refractivity contribution is 0.0694. The lowest BCUT2D eigenvalue weighted by atomic mass is 9.95. The zero-order valence-corrected chi connectivity index (χ0v) is 13.2. The number of aromatic carboxylic acids is 1. The molecule has 0 saturated heterocycles. The molecule has 1 heterocycles. The monoisotopic (exact) mass is 287 g/mol. The van der Waals surface area contributed by atoms with E-state index < -0.39 is 11.4 Å². The van der Waals surface area contributed by atoms with Gasteiger partial charge in [0, 0.05) is 18.1 Å². The minimum Gasteiger partial charge on any atom is -0.477 e. The molecule has 1 aromatic carbocycles. The molecule has 4 heteroatoms. The second-order valence-corrected chi connectivity index (χ2v) is 6.84. The van der Waals surface area contributed by atoms with Gasteiger partial charge in [-0.1, -0.05) is 26.8 Å². The highest BCUT2D eigenvalue weighted by Crippen LogP contribution is 2.23. The summed E-state index contributed by atoms with van der Waals surface area (Å²) in [6.45, 7) is 10.8. The molecule has 4 nitrogen and oxygen atoms in total. The van der Waals surface area contributed by atoms with E-state index in [-0.39, 0.29) is 11.0 Å². The average Bonchev–Trinajstić information content (AvgIpc) is 2.29. The third kappa shape index (κ3) is 2.99. The minimum absolute atomic E-state index is 0.0188. The Bertz CT molecular complexity index is 779. The van der Waals surface area contributed by atoms with Gasteiger partial charge in [0.1, 0.15) is 5.56 Å². The number of pyridine rings is 1. The molecular weight excluding hydrogens is 266 g/mol. The van der Waals surface area contributed by atoms with Crippen molar-refractivity contribution in [3.63, 3.8) is 0 Å². The van der Waals surface area contributed by atoms with Gasteiger partial charge in [-0.15, -0.1) is 0 Å². The van der Waals surface area contributed by atoms with Crippen LogP contribution in [0.2, 0.25) is 0 Å². The van der Waals surface area contributed by atoms with Crippen LogP contribution in [0.1, 0.15) is 42.3 Å². The number of aryl methyl sites for hydroxylation is 2. The van der Waals surface area contributed by atoms with Crippen LogP contribution in [-0.4, -0.2) is 15.6 Å². The third-order valence-electron chi connectivity index (χ3n) is 3.38. The summed E-state index contributed by atoms with van der Waals surface area (Å²) in [7, 11) is 0. The van der Waals surface area contributed by atoms with Gasteiger partial charge in [-0.05, 0) is 36.5 Å². The number of aromatic nitrogens is 1. The molecule has 0 aliphatic carbocycles. The fraction of sp³-hybridized carbons (Fsp3) is 0.412. The maximum Gasteiger partial charge on any atom is 0.341 e. The van der Waals surface area contributed by atoms with Gasteiger partial charge in [0.05, 0.1) is 5.52 Å². The predicted molar refractivity (Wildman–Crippen MR) is 84.1 cm³/mol. The molecule has 2 aromatic rings. The first-order valence-corrected chi connectivity index (χ1v) is 6.98. The highest BCUT2D eigenvalue weighted by molar-refractivity contribution is 5.93. The van der Waals surface area contributed by atoms with E-state index in [0.717, 1.165) is 16.6 Å². The normalized spacial score (nSPS) is 11.9. The topological polar surface area (TPSA) is 59.3 Å². The molecule has 1 aromatic heterocycles. The van der Waals surface area contributed by atoms with Gasteiger partial charge < -0.3 is 9.67 Å². The summed E-state index contributed by atoms with van der Waals surface area (Å²) in [4.78, 5) is 23.7. The molecule has 0 aliphatic rings. The number of fused-ring (bicyclic) bond motifs is 1. The molecule has 0 saturated carbocycles. The summed E-state index contributed by atoms with van der Waals surface area (Å²) >= 11 is 0. The molecule has 0 bridgehead atoms. The van der Waals surface area contributed by atoms with Crippen LogP contribution in [0.3, 0.4) is 0 Å². The number of hydrogen-bond acceptors (Lipinski definition) is 2. The maximum absolute atomic E-state index is 12.4. The largest absolute Gasteiger partial charge is 0.477 e. The number of benzene rings is 1. The average molecular weight is 287 g/mol. The first-order chi connectivity index (χ1) is 9.60. The Labute approximate surface area is 124 Å². The van der Waals surface area contributed by atoms with Gasteiger partial charge >= 0.3 is 5.97 Å². The van der Waals surface area contributed by atoms with Crippen LogP contribution in [-0.2, 0) is 6.54 Å². The molecule has 0 radical (unpaired) electrons. The Morgan fingerprint density at radius 3 is 2.38 bits per heavy atom. The van der Waals surface area contributed by atoms with E-state index in [2.05, 4.69) is 20.8 Å². The summed E-state index contributed by atoms with van der Waals surface area (Å²) < 4.78 is 1.90. The fourth-order valence-electron chi connectivity index (χ4n) is 2.73. The van der Waals surface area contributed by atoms with E-state index in [9.17, 15) is 14.7 Å². The zero-order chi connectivity index (χ0) is 15.9. The lowest BCUT2D eigenvalue weighted by Gasteiger charge is -2.23. The first kappa shape index (κ1) is 15.3. The van der Waals surface area contributed by atoms with Crippen molar-refractivity contribution in [1.82, 2.24) is 4.57 Å². The molecule has 0 unspecified atom stereocenters. The zero-order valence-electron chi connectivity index (χ0n) is 13.2. The fourth-order valence-corrected chi connectivity index (χ4v) is 2.73. The molecule has 112 valence electrons. The summed E-state index contributed by atoms with van der Waals surface area (Å²) in [5.74, 6) is -1.18. The number of rotatable bonds is 2. The molecule has 0 fully saturated rings. The van der Waals surface area contributed by atoms with Crippen molar-refractivity contribution in [3.05, 3.63) is 45.2 Å². The van der Waals surface area contributed by atoms with Gasteiger partial charge in [0.25, 0.3) is 0 Å². The second kappa shape index (κ2) is 5.02. The summed E-state index contributed by atoms with van der Waals surface area (Å²) in [5, 5.41) is 9.76. The number of carbonyl (C=O) groups is 1. The number of carboxylic acid groups (broad SMARTS) is 1. The summed E-state index contributed by atoms with van der Waals surface area (Å²) in [6.07, 6.45) is 1.47. The van der Waals surface area contributed by atoms with Crippen LogP contribution in [0.5, 0.6) is 0 Å². The van der Waals surface area contributed by atoms with E-state index >= 15 is 0 Å². The Hall–Kier alpha value is -2.10. The minimum atomic E-state index is -1.18. The molecule has 0 aliphatic heterocycles. The smallest absolute Gasteiger partial charge is 0.341 e. The Balaban J connectivity index is 2.92. The van der Waals surface area contributed by atoms with Crippen molar-refractivity contribution >= 4 is 16.9 Å². The highest BCUT2D eigenvalue weighted by Gasteiger charge is 2.19. The highest BCUT2D eigenvalue weighted by atomic mass is 16.4. The second-order valence-electron chi connectivity index (χ2n) is 6.84. The SMILES string of the molecule is Cc1cc(C)c2c(c1)c(=O)c(C(=O)O)cn2CC(C)(C)C. The van der Waals surface area contributed by atoms with Crippen LogP contribution in [0.4, 0.5) is 0 Å². The lowest BCUT2D eigenvalue weighted by Crippen LogP contribution is -2.23. The van der Waals surface area contributed by atoms with E-state index in [1.807, 2.05) is 24.5 Å². The molecule has 0 amide bonds. The summed E-state index contributed by atoms with van der Waals surface area (Å²) in [5.41, 5.74) is 2.18. The molecule has 0 spiro atoms. The van der Waals surface area contributed by atoms with Gasteiger partial charge in [-0.3, -0.25) is 4.79 Å². The van der Waals surface area contributed by atoms with Crippen LogP contribution < -0.4 is 5.43 Å². The van der Waals surface area contributed by atoms with E-state index in [1.165, 1.54) is 6.20 Å². The molecule has 21 heavy (non-hydrogen) atoms. The number of carboxylic acids is 1. The van der Waals surface area contributed by atoms with Gasteiger partial charge in [-0.2, -0.15) is 0 Å². The summed E-state index contributed by atoms with van der Waals surface area (Å²) in [6, 6.07) is 3.79. The van der Waals surface area contributed by atoms with Crippen LogP contribution >= 0.6 is 0 Å². The van der Waals surface area contributed by atoms with Crippen LogP contribution in [0.15, 0.2) is 23.1 Å². The van der Waals surface area contributed by atoms with Gasteiger partial charge in [-0.25, -0.2) is 4.79 Å². The van der Waals surface area contributed by atoms with Gasteiger partial charge in [0.15, 0.2) is 0 Å².